The maximum Gasteiger partial charge on any atom is 0.246 e. The first-order chi connectivity index (χ1) is 13.3. The zero-order valence-electron chi connectivity index (χ0n) is 16.7. The highest BCUT2D eigenvalue weighted by Gasteiger charge is 2.34. The molecule has 0 aromatic heterocycles. The predicted octanol–water partition coefficient (Wildman–Crippen LogP) is 2.31. The van der Waals surface area contributed by atoms with Crippen molar-refractivity contribution in [3.8, 4) is 0 Å². The topological polar surface area (TPSA) is 60.9 Å². The van der Waals surface area contributed by atoms with Crippen molar-refractivity contribution in [3.05, 3.63) is 30.1 Å². The van der Waals surface area contributed by atoms with Crippen LogP contribution >= 0.6 is 0 Å². The summed E-state index contributed by atoms with van der Waals surface area (Å²) in [6.07, 6.45) is 5.70. The van der Waals surface area contributed by atoms with Crippen LogP contribution < -0.4 is 0 Å². The van der Waals surface area contributed by atoms with Crippen LogP contribution in [0, 0.1) is 5.82 Å². The predicted molar refractivity (Wildman–Crippen MR) is 106 cm³/mol. The zero-order chi connectivity index (χ0) is 20.3. The molecule has 3 rings (SSSR count). The highest BCUT2D eigenvalue weighted by molar-refractivity contribution is 7.89. The number of sulfonamides is 1. The number of carbonyl (C=O) groups excluding carboxylic acids is 1. The van der Waals surface area contributed by atoms with E-state index in [0.29, 0.717) is 19.1 Å². The summed E-state index contributed by atoms with van der Waals surface area (Å²) >= 11 is 0. The summed E-state index contributed by atoms with van der Waals surface area (Å²) in [5.74, 6) is -0.639. The molecule has 1 amide bonds. The van der Waals surface area contributed by atoms with Crippen molar-refractivity contribution in [1.82, 2.24) is 14.1 Å². The van der Waals surface area contributed by atoms with Gasteiger partial charge >= 0.3 is 0 Å². The van der Waals surface area contributed by atoms with Crippen LogP contribution in [0.5, 0.6) is 0 Å². The van der Waals surface area contributed by atoms with Gasteiger partial charge in [0, 0.05) is 39.3 Å². The number of hydrogen-bond acceptors (Lipinski definition) is 4. The third-order valence-electron chi connectivity index (χ3n) is 6.10. The molecule has 2 aliphatic rings. The van der Waals surface area contributed by atoms with Gasteiger partial charge in [-0.1, -0.05) is 31.4 Å². The maximum atomic E-state index is 14.0. The molecule has 0 radical (unpaired) electrons. The van der Waals surface area contributed by atoms with Crippen LogP contribution in [-0.2, 0) is 14.8 Å². The van der Waals surface area contributed by atoms with Gasteiger partial charge in [-0.2, -0.15) is 4.31 Å². The van der Waals surface area contributed by atoms with E-state index in [1.807, 2.05) is 23.8 Å². The van der Waals surface area contributed by atoms with E-state index < -0.39 is 15.8 Å². The number of nitrogens with zero attached hydrogens (tertiary/aromatic N) is 3. The molecule has 1 saturated carbocycles. The summed E-state index contributed by atoms with van der Waals surface area (Å²) in [6.45, 7) is 3.31. The highest BCUT2D eigenvalue weighted by Crippen LogP contribution is 2.24. The van der Waals surface area contributed by atoms with Crippen molar-refractivity contribution >= 4 is 15.9 Å². The van der Waals surface area contributed by atoms with E-state index in [0.717, 1.165) is 18.9 Å². The zero-order valence-corrected chi connectivity index (χ0v) is 17.5. The second kappa shape index (κ2) is 8.88. The van der Waals surface area contributed by atoms with E-state index in [9.17, 15) is 17.6 Å². The average molecular weight is 412 g/mol. The first kappa shape index (κ1) is 21.2. The van der Waals surface area contributed by atoms with Crippen molar-refractivity contribution in [2.45, 2.75) is 56.0 Å². The van der Waals surface area contributed by atoms with Crippen LogP contribution in [0.2, 0.25) is 0 Å². The number of hydrogen-bond donors (Lipinski definition) is 0. The lowest BCUT2D eigenvalue weighted by Crippen LogP contribution is -2.56. The molecule has 6 nitrogen and oxygen atoms in total. The molecule has 28 heavy (non-hydrogen) atoms. The summed E-state index contributed by atoms with van der Waals surface area (Å²) in [5.41, 5.74) is 0. The van der Waals surface area contributed by atoms with Gasteiger partial charge in [0.1, 0.15) is 10.7 Å². The Morgan fingerprint density at radius 1 is 1.11 bits per heavy atom. The van der Waals surface area contributed by atoms with Crippen LogP contribution in [0.1, 0.15) is 39.0 Å². The first-order valence-corrected chi connectivity index (χ1v) is 11.5. The summed E-state index contributed by atoms with van der Waals surface area (Å²) in [7, 11) is -1.98. The standard InChI is InChI=1S/C20H30FN3O3S/c1-16(20(25)22(2)17-8-4-3-5-9-17)23-12-14-24(15-13-23)28(26,27)19-11-7-6-10-18(19)21/h6-7,10-11,16-17H,3-5,8-9,12-15H2,1-2H3/t16-/m1/s1. The Balaban J connectivity index is 1.60. The molecule has 0 unspecified atom stereocenters. The number of amides is 1. The van der Waals surface area contributed by atoms with Gasteiger partial charge in [-0.25, -0.2) is 12.8 Å². The Morgan fingerprint density at radius 3 is 2.32 bits per heavy atom. The van der Waals surface area contributed by atoms with Crippen LogP contribution in [0.3, 0.4) is 0 Å². The van der Waals surface area contributed by atoms with E-state index in [1.165, 1.54) is 41.8 Å². The molecular weight excluding hydrogens is 381 g/mol. The van der Waals surface area contributed by atoms with Gasteiger partial charge < -0.3 is 4.90 Å². The molecule has 0 spiro atoms. The monoisotopic (exact) mass is 411 g/mol. The van der Waals surface area contributed by atoms with Gasteiger partial charge in [0.2, 0.25) is 15.9 Å². The molecule has 1 aliphatic heterocycles. The highest BCUT2D eigenvalue weighted by atomic mass is 32.2. The Kier molecular flexibility index (Phi) is 6.73. The maximum absolute atomic E-state index is 14.0. The first-order valence-electron chi connectivity index (χ1n) is 10.1. The number of piperazine rings is 1. The smallest absolute Gasteiger partial charge is 0.246 e. The number of rotatable bonds is 5. The molecular formula is C20H30FN3O3S. The number of benzene rings is 1. The lowest BCUT2D eigenvalue weighted by molar-refractivity contribution is -0.138. The Hall–Kier alpha value is -1.51. The molecule has 1 saturated heterocycles. The molecule has 8 heteroatoms. The van der Waals surface area contributed by atoms with Gasteiger partial charge in [-0.15, -0.1) is 0 Å². The molecule has 2 fully saturated rings. The summed E-state index contributed by atoms with van der Waals surface area (Å²) in [5, 5.41) is 0. The SMILES string of the molecule is C[C@H](C(=O)N(C)C1CCCCC1)N1CCN(S(=O)(=O)c2ccccc2F)CC1. The lowest BCUT2D eigenvalue weighted by atomic mass is 9.94. The Bertz CT molecular complexity index is 788. The van der Waals surface area contributed by atoms with Gasteiger partial charge in [0.25, 0.3) is 0 Å². The number of likely N-dealkylation sites (N-methyl/N-ethyl adjacent to an activating group) is 1. The Labute approximate surface area is 167 Å². The lowest BCUT2D eigenvalue weighted by Gasteiger charge is -2.39. The van der Waals surface area contributed by atoms with Gasteiger partial charge in [-0.05, 0) is 31.9 Å². The van der Waals surface area contributed by atoms with Crippen LogP contribution in [0.25, 0.3) is 0 Å². The molecule has 156 valence electrons. The Morgan fingerprint density at radius 2 is 1.71 bits per heavy atom. The van der Waals surface area contributed by atoms with Crippen LogP contribution in [-0.4, -0.2) is 73.7 Å². The van der Waals surface area contributed by atoms with E-state index in [4.69, 9.17) is 0 Å². The van der Waals surface area contributed by atoms with Gasteiger partial charge in [0.05, 0.1) is 6.04 Å². The van der Waals surface area contributed by atoms with Crippen molar-refractivity contribution in [3.63, 3.8) is 0 Å². The quantitative estimate of drug-likeness (QED) is 0.746. The van der Waals surface area contributed by atoms with Crippen LogP contribution in [0.15, 0.2) is 29.2 Å². The van der Waals surface area contributed by atoms with Crippen molar-refractivity contribution < 1.29 is 17.6 Å². The second-order valence-electron chi connectivity index (χ2n) is 7.79. The minimum atomic E-state index is -3.86. The fraction of sp³-hybridized carbons (Fsp3) is 0.650. The average Bonchev–Trinajstić information content (AvgIpc) is 2.73. The minimum absolute atomic E-state index is 0.0947. The number of halogens is 1. The van der Waals surface area contributed by atoms with E-state index in [1.54, 1.807) is 0 Å². The second-order valence-corrected chi connectivity index (χ2v) is 9.69. The largest absolute Gasteiger partial charge is 0.341 e. The third-order valence-corrected chi connectivity index (χ3v) is 8.03. The van der Waals surface area contributed by atoms with Crippen LogP contribution in [0.4, 0.5) is 4.39 Å². The third kappa shape index (κ3) is 4.39. The van der Waals surface area contributed by atoms with E-state index >= 15 is 0 Å². The molecule has 1 aromatic carbocycles. The molecule has 1 heterocycles. The van der Waals surface area contributed by atoms with Gasteiger partial charge in [-0.3, -0.25) is 9.69 Å². The summed E-state index contributed by atoms with van der Waals surface area (Å²) < 4.78 is 40.7. The van der Waals surface area contributed by atoms with Gasteiger partial charge in [0.15, 0.2) is 0 Å². The fourth-order valence-electron chi connectivity index (χ4n) is 4.22. The van der Waals surface area contributed by atoms with Crippen molar-refractivity contribution in [2.75, 3.05) is 33.2 Å². The van der Waals surface area contributed by atoms with Crippen molar-refractivity contribution in [1.29, 1.82) is 0 Å². The minimum Gasteiger partial charge on any atom is -0.341 e. The van der Waals surface area contributed by atoms with E-state index in [2.05, 4.69) is 0 Å². The van der Waals surface area contributed by atoms with Crippen molar-refractivity contribution in [2.24, 2.45) is 0 Å². The molecule has 1 aliphatic carbocycles. The number of carbonyl (C=O) groups is 1. The molecule has 1 atom stereocenters. The molecule has 0 bridgehead atoms. The van der Waals surface area contributed by atoms with E-state index in [-0.39, 0.29) is 29.9 Å². The summed E-state index contributed by atoms with van der Waals surface area (Å²) in [4.78, 5) is 16.5. The molecule has 0 N–H and O–H groups in total. The molecule has 1 aromatic rings. The summed E-state index contributed by atoms with van der Waals surface area (Å²) in [6, 6.07) is 5.47. The fourth-order valence-corrected chi connectivity index (χ4v) is 5.71. The normalized spacial score (nSPS) is 21.4.